The molecular weight excluding hydrogens is 513 g/mol. The summed E-state index contributed by atoms with van der Waals surface area (Å²) in [5, 5.41) is 3.01. The van der Waals surface area contributed by atoms with Crippen molar-refractivity contribution in [2.45, 2.75) is 19.4 Å². The molecule has 3 nitrogen and oxygen atoms in total. The monoisotopic (exact) mass is 543 g/mol. The Labute approximate surface area is 200 Å². The number of carbonyl (C=O) groups is 1. The van der Waals surface area contributed by atoms with E-state index in [1.54, 1.807) is 0 Å². The average molecular weight is 542 g/mol. The van der Waals surface area contributed by atoms with Gasteiger partial charge in [0.1, 0.15) is 0 Å². The van der Waals surface area contributed by atoms with Gasteiger partial charge in [-0.2, -0.15) is 0 Å². The van der Waals surface area contributed by atoms with E-state index in [1.165, 1.54) is 10.7 Å². The van der Waals surface area contributed by atoms with Crippen molar-refractivity contribution in [2.75, 3.05) is 6.61 Å². The van der Waals surface area contributed by atoms with Crippen molar-refractivity contribution in [3.63, 3.8) is 0 Å². The number of carbonyl (C=O) groups excluding carboxylic acids is 1. The fraction of sp³-hybridized carbons (Fsp3) is 0.138. The number of nitrogens with one attached hydrogen (secondary N) is 1. The van der Waals surface area contributed by atoms with Crippen LogP contribution in [-0.4, -0.2) is 31.3 Å². The van der Waals surface area contributed by atoms with E-state index in [2.05, 4.69) is 78.1 Å². The predicted octanol–water partition coefficient (Wildman–Crippen LogP) is 3.77. The van der Waals surface area contributed by atoms with Crippen molar-refractivity contribution in [1.29, 1.82) is 0 Å². The van der Waals surface area contributed by atoms with Crippen LogP contribution in [0.2, 0.25) is 0 Å². The molecule has 33 heavy (non-hydrogen) atoms. The van der Waals surface area contributed by atoms with Gasteiger partial charge in [-0.15, -0.1) is 0 Å². The summed E-state index contributed by atoms with van der Waals surface area (Å²) in [7, 11) is 0. The molecule has 0 bridgehead atoms. The summed E-state index contributed by atoms with van der Waals surface area (Å²) < 4.78 is 10.8. The van der Waals surface area contributed by atoms with Crippen LogP contribution < -0.4 is 16.1 Å². The third-order valence-corrected chi connectivity index (χ3v) is 17.4. The summed E-state index contributed by atoms with van der Waals surface area (Å²) in [5.74, 6) is 0.0578. The van der Waals surface area contributed by atoms with Gasteiger partial charge >= 0.3 is 202 Å². The first-order valence-electron chi connectivity index (χ1n) is 11.4. The third-order valence-electron chi connectivity index (χ3n) is 5.74. The van der Waals surface area contributed by atoms with Crippen molar-refractivity contribution < 1.29 is 7.87 Å². The number of benzene rings is 4. The first kappa shape index (κ1) is 23.3. The standard InChI is InChI=1S/C11H14NO2.3C6H5.Sn/c13-8-4-7-11(14)12-9-10-5-2-1-3-6-10;3*1-2-4-6-5-3-1;/h1-3,5-6H,4,7-9H2,(H,12,14);3*1-5H;/q-1;;;;+1. The van der Waals surface area contributed by atoms with Gasteiger partial charge in [0.05, 0.1) is 0 Å². The molecule has 4 rings (SSSR count). The van der Waals surface area contributed by atoms with Crippen molar-refractivity contribution >= 4 is 35.4 Å². The molecule has 0 aromatic heterocycles. The fourth-order valence-corrected chi connectivity index (χ4v) is 15.3. The number of hydrogen-bond acceptors (Lipinski definition) is 2. The van der Waals surface area contributed by atoms with Gasteiger partial charge in [0.25, 0.3) is 0 Å². The van der Waals surface area contributed by atoms with Crippen molar-refractivity contribution in [3.05, 3.63) is 127 Å². The fourth-order valence-electron chi connectivity index (χ4n) is 4.11. The molecule has 0 heterocycles. The normalized spacial score (nSPS) is 11.2. The first-order valence-corrected chi connectivity index (χ1v) is 16.8. The molecule has 166 valence electrons. The van der Waals surface area contributed by atoms with Crippen LogP contribution in [0, 0.1) is 0 Å². The van der Waals surface area contributed by atoms with Gasteiger partial charge in [-0.05, 0) is 0 Å². The van der Waals surface area contributed by atoms with Gasteiger partial charge in [0.15, 0.2) is 0 Å². The molecule has 0 saturated heterocycles. The summed E-state index contributed by atoms with van der Waals surface area (Å²) in [6, 6.07) is 41.9. The van der Waals surface area contributed by atoms with Gasteiger partial charge in [-0.25, -0.2) is 0 Å². The summed E-state index contributed by atoms with van der Waals surface area (Å²) in [4.78, 5) is 12.4. The van der Waals surface area contributed by atoms with Gasteiger partial charge in [-0.3, -0.25) is 0 Å². The Morgan fingerprint density at radius 3 is 1.52 bits per heavy atom. The number of hydrogen-bond donors (Lipinski definition) is 1. The molecule has 0 fully saturated rings. The van der Waals surface area contributed by atoms with Crippen LogP contribution >= 0.6 is 0 Å². The summed E-state index contributed by atoms with van der Waals surface area (Å²) in [5.41, 5.74) is 1.11. The molecule has 0 unspecified atom stereocenters. The molecule has 4 aromatic rings. The zero-order chi connectivity index (χ0) is 22.8. The Morgan fingerprint density at radius 2 is 1.06 bits per heavy atom. The third kappa shape index (κ3) is 5.92. The van der Waals surface area contributed by atoms with Crippen molar-refractivity contribution in [2.24, 2.45) is 0 Å². The van der Waals surface area contributed by atoms with Gasteiger partial charge in [-0.1, -0.05) is 0 Å². The quantitative estimate of drug-likeness (QED) is 0.245. The van der Waals surface area contributed by atoms with Crippen LogP contribution in [-0.2, 0) is 14.4 Å². The van der Waals surface area contributed by atoms with Crippen LogP contribution in [0.3, 0.4) is 0 Å². The Hall–Kier alpha value is -2.89. The molecule has 0 saturated carbocycles. The Morgan fingerprint density at radius 1 is 0.636 bits per heavy atom. The van der Waals surface area contributed by atoms with E-state index in [4.69, 9.17) is 3.07 Å². The van der Waals surface area contributed by atoms with E-state index >= 15 is 0 Å². The second kappa shape index (κ2) is 11.8. The Bertz CT molecular complexity index is 1020. The molecule has 4 aromatic carbocycles. The molecule has 0 aliphatic carbocycles. The maximum atomic E-state index is 12.4. The number of amides is 1. The summed E-state index contributed by atoms with van der Waals surface area (Å²) in [6.45, 7) is 1.11. The van der Waals surface area contributed by atoms with Crippen LogP contribution in [0.25, 0.3) is 0 Å². The molecule has 0 atom stereocenters. The van der Waals surface area contributed by atoms with E-state index in [1.807, 2.05) is 48.5 Å². The molecule has 1 N–H and O–H groups in total. The van der Waals surface area contributed by atoms with Crippen LogP contribution in [0.1, 0.15) is 18.4 Å². The summed E-state index contributed by atoms with van der Waals surface area (Å²) in [6.07, 6.45) is 1.14. The molecule has 0 spiro atoms. The molecule has 0 aliphatic rings. The zero-order valence-electron chi connectivity index (χ0n) is 18.7. The molecule has 1 amide bonds. The second-order valence-electron chi connectivity index (χ2n) is 7.99. The van der Waals surface area contributed by atoms with Gasteiger partial charge in [0, 0.05) is 0 Å². The second-order valence-corrected chi connectivity index (χ2v) is 17.6. The van der Waals surface area contributed by atoms with Gasteiger partial charge in [0.2, 0.25) is 0 Å². The topological polar surface area (TPSA) is 38.3 Å². The minimum absolute atomic E-state index is 0.0578. The molecular formula is C29H29NO2Sn. The zero-order valence-corrected chi connectivity index (χ0v) is 21.5. The first-order chi connectivity index (χ1) is 16.3. The van der Waals surface area contributed by atoms with Crippen LogP contribution in [0.4, 0.5) is 0 Å². The minimum atomic E-state index is -3.70. The average Bonchev–Trinajstić information content (AvgIpc) is 2.90. The van der Waals surface area contributed by atoms with E-state index in [-0.39, 0.29) is 5.91 Å². The molecule has 0 radical (unpaired) electrons. The SMILES string of the molecule is O=C(CCC[O][Sn]([c]1ccccc1)([c]1ccccc1)[c]1ccccc1)NCc1ccccc1. The predicted molar refractivity (Wildman–Crippen MR) is 137 cm³/mol. The molecule has 0 aliphatic heterocycles. The molecule has 4 heteroatoms. The van der Waals surface area contributed by atoms with Crippen LogP contribution in [0.15, 0.2) is 121 Å². The van der Waals surface area contributed by atoms with Gasteiger partial charge < -0.3 is 0 Å². The van der Waals surface area contributed by atoms with E-state index in [0.29, 0.717) is 26.0 Å². The van der Waals surface area contributed by atoms with Crippen LogP contribution in [0.5, 0.6) is 0 Å². The Balaban J connectivity index is 1.50. The van der Waals surface area contributed by atoms with Crippen molar-refractivity contribution in [1.82, 2.24) is 5.32 Å². The van der Waals surface area contributed by atoms with E-state index in [0.717, 1.165) is 5.56 Å². The maximum absolute atomic E-state index is 12.4. The Kier molecular flexibility index (Phi) is 8.34. The summed E-state index contributed by atoms with van der Waals surface area (Å²) >= 11 is -3.70. The van der Waals surface area contributed by atoms with Crippen molar-refractivity contribution in [3.8, 4) is 0 Å². The van der Waals surface area contributed by atoms with E-state index in [9.17, 15) is 4.79 Å². The number of rotatable bonds is 10. The van der Waals surface area contributed by atoms with E-state index < -0.39 is 18.8 Å².